The summed E-state index contributed by atoms with van der Waals surface area (Å²) >= 11 is 0. The Morgan fingerprint density at radius 2 is 1.50 bits per heavy atom. The summed E-state index contributed by atoms with van der Waals surface area (Å²) in [6.07, 6.45) is -1.69. The van der Waals surface area contributed by atoms with Gasteiger partial charge in [0, 0.05) is 17.9 Å². The molecule has 0 bridgehead atoms. The van der Waals surface area contributed by atoms with Crippen LogP contribution in [0.15, 0.2) is 54.6 Å². The van der Waals surface area contributed by atoms with Gasteiger partial charge in [-0.3, -0.25) is 0 Å². The number of benzene rings is 2. The Bertz CT molecular complexity index is 514. The highest BCUT2D eigenvalue weighted by Gasteiger charge is 2.17. The Balaban J connectivity index is 2.03. The van der Waals surface area contributed by atoms with Crippen LogP contribution in [0.3, 0.4) is 0 Å². The lowest BCUT2D eigenvalue weighted by Gasteiger charge is -2.18. The van der Waals surface area contributed by atoms with Gasteiger partial charge in [-0.2, -0.15) is 0 Å². The Labute approximate surface area is 119 Å². The van der Waals surface area contributed by atoms with Gasteiger partial charge in [0.2, 0.25) is 0 Å². The second-order valence-corrected chi connectivity index (χ2v) is 4.68. The van der Waals surface area contributed by atoms with E-state index in [4.69, 9.17) is 0 Å². The van der Waals surface area contributed by atoms with E-state index < -0.39 is 12.2 Å². The van der Waals surface area contributed by atoms with Gasteiger partial charge in [-0.25, -0.2) is 0 Å². The Kier molecular flexibility index (Phi) is 5.12. The quantitative estimate of drug-likeness (QED) is 0.650. The number of aliphatic hydroxyl groups excluding tert-OH is 2. The maximum Gasteiger partial charge on any atom is 0.106 e. The van der Waals surface area contributed by atoms with Crippen molar-refractivity contribution in [2.24, 2.45) is 0 Å². The zero-order valence-corrected chi connectivity index (χ0v) is 11.5. The first kappa shape index (κ1) is 14.5. The summed E-state index contributed by atoms with van der Waals surface area (Å²) in [5.74, 6) is 0. The van der Waals surface area contributed by atoms with E-state index in [1.54, 1.807) is 7.05 Å². The molecule has 0 spiro atoms. The molecule has 0 aromatic heterocycles. The molecule has 0 saturated heterocycles. The van der Waals surface area contributed by atoms with Crippen LogP contribution in [0.25, 0.3) is 0 Å². The number of hydrogen-bond acceptors (Lipinski definition) is 4. The van der Waals surface area contributed by atoms with Crippen LogP contribution in [0, 0.1) is 0 Å². The first-order valence-electron chi connectivity index (χ1n) is 6.63. The van der Waals surface area contributed by atoms with Gasteiger partial charge in [0.1, 0.15) is 6.10 Å². The maximum absolute atomic E-state index is 9.99. The largest absolute Gasteiger partial charge is 0.389 e. The van der Waals surface area contributed by atoms with E-state index >= 15 is 0 Å². The highest BCUT2D eigenvalue weighted by molar-refractivity contribution is 5.59. The first-order chi connectivity index (χ1) is 9.70. The van der Waals surface area contributed by atoms with Crippen LogP contribution in [0.2, 0.25) is 0 Å². The fourth-order valence-corrected chi connectivity index (χ4v) is 1.99. The third kappa shape index (κ3) is 3.81. The van der Waals surface area contributed by atoms with Crippen molar-refractivity contribution < 1.29 is 10.2 Å². The van der Waals surface area contributed by atoms with Crippen LogP contribution in [-0.2, 0) is 0 Å². The topological polar surface area (TPSA) is 64.5 Å². The van der Waals surface area contributed by atoms with Gasteiger partial charge in [0.15, 0.2) is 0 Å². The lowest BCUT2D eigenvalue weighted by molar-refractivity contribution is 0.0202. The van der Waals surface area contributed by atoms with Crippen molar-refractivity contribution in [2.45, 2.75) is 12.2 Å². The molecule has 0 aliphatic rings. The molecule has 0 amide bonds. The smallest absolute Gasteiger partial charge is 0.106 e. The Morgan fingerprint density at radius 1 is 0.900 bits per heavy atom. The number of nitrogens with one attached hydrogen (secondary N) is 2. The zero-order chi connectivity index (χ0) is 14.4. The van der Waals surface area contributed by atoms with Gasteiger partial charge in [0.25, 0.3) is 0 Å². The summed E-state index contributed by atoms with van der Waals surface area (Å²) in [7, 11) is 1.74. The molecular weight excluding hydrogens is 252 g/mol. The van der Waals surface area contributed by atoms with E-state index in [1.807, 2.05) is 54.6 Å². The average Bonchev–Trinajstić information content (AvgIpc) is 2.48. The van der Waals surface area contributed by atoms with Crippen molar-refractivity contribution in [2.75, 3.05) is 18.9 Å². The molecule has 0 aliphatic heterocycles. The van der Waals surface area contributed by atoms with E-state index in [2.05, 4.69) is 10.6 Å². The van der Waals surface area contributed by atoms with Crippen molar-refractivity contribution in [1.29, 1.82) is 0 Å². The minimum absolute atomic E-state index is 0.352. The molecule has 106 valence electrons. The normalized spacial score (nSPS) is 13.8. The molecule has 2 rings (SSSR count). The van der Waals surface area contributed by atoms with Crippen molar-refractivity contribution in [3.05, 3.63) is 60.2 Å². The number of anilines is 2. The van der Waals surface area contributed by atoms with E-state index in [-0.39, 0.29) is 0 Å². The zero-order valence-electron chi connectivity index (χ0n) is 11.5. The van der Waals surface area contributed by atoms with E-state index in [9.17, 15) is 10.2 Å². The summed E-state index contributed by atoms with van der Waals surface area (Å²) in [5.41, 5.74) is 2.65. The lowest BCUT2D eigenvalue weighted by Crippen LogP contribution is -2.29. The molecule has 4 nitrogen and oxygen atoms in total. The lowest BCUT2D eigenvalue weighted by atomic mass is 10.0. The summed E-state index contributed by atoms with van der Waals surface area (Å²) in [6, 6.07) is 17.3. The van der Waals surface area contributed by atoms with Crippen molar-refractivity contribution in [3.8, 4) is 0 Å². The second kappa shape index (κ2) is 7.05. The second-order valence-electron chi connectivity index (χ2n) is 4.68. The van der Waals surface area contributed by atoms with Gasteiger partial charge in [-0.1, -0.05) is 30.3 Å². The molecule has 2 aromatic rings. The molecule has 0 heterocycles. The van der Waals surface area contributed by atoms with Crippen LogP contribution in [0.5, 0.6) is 0 Å². The van der Waals surface area contributed by atoms with Crippen molar-refractivity contribution >= 4 is 11.4 Å². The summed E-state index contributed by atoms with van der Waals surface area (Å²) in [6.45, 7) is 0.352. The fourth-order valence-electron chi connectivity index (χ4n) is 1.99. The third-order valence-corrected chi connectivity index (χ3v) is 3.09. The average molecular weight is 272 g/mol. The fraction of sp³-hybridized carbons (Fsp3) is 0.250. The first-order valence-corrected chi connectivity index (χ1v) is 6.63. The molecule has 0 radical (unpaired) electrons. The monoisotopic (exact) mass is 272 g/mol. The van der Waals surface area contributed by atoms with Gasteiger partial charge in [0.05, 0.1) is 6.10 Å². The molecule has 0 aliphatic carbocycles. The highest BCUT2D eigenvalue weighted by atomic mass is 16.3. The van der Waals surface area contributed by atoms with Crippen LogP contribution in [-0.4, -0.2) is 29.9 Å². The van der Waals surface area contributed by atoms with E-state index in [0.29, 0.717) is 12.1 Å². The number of aliphatic hydroxyl groups is 2. The summed E-state index contributed by atoms with van der Waals surface area (Å²) in [5, 5.41) is 25.8. The molecule has 2 unspecified atom stereocenters. The van der Waals surface area contributed by atoms with Gasteiger partial charge in [-0.15, -0.1) is 0 Å². The molecule has 20 heavy (non-hydrogen) atoms. The number of hydrogen-bond donors (Lipinski definition) is 4. The minimum atomic E-state index is -0.881. The molecule has 0 saturated carbocycles. The van der Waals surface area contributed by atoms with Gasteiger partial charge < -0.3 is 20.8 Å². The van der Waals surface area contributed by atoms with Crippen molar-refractivity contribution in [3.63, 3.8) is 0 Å². The SMILES string of the molecule is CNCC(O)C(O)c1ccc(Nc2ccccc2)cc1. The van der Waals surface area contributed by atoms with Gasteiger partial charge in [-0.05, 0) is 36.9 Å². The molecule has 4 heteroatoms. The molecule has 0 fully saturated rings. The molecule has 2 atom stereocenters. The highest BCUT2D eigenvalue weighted by Crippen LogP contribution is 2.21. The molecular formula is C16H20N2O2. The summed E-state index contributed by atoms with van der Waals surface area (Å²) < 4.78 is 0. The number of para-hydroxylation sites is 1. The van der Waals surface area contributed by atoms with Crippen LogP contribution in [0.1, 0.15) is 11.7 Å². The van der Waals surface area contributed by atoms with Crippen LogP contribution >= 0.6 is 0 Å². The van der Waals surface area contributed by atoms with Crippen molar-refractivity contribution in [1.82, 2.24) is 5.32 Å². The standard InChI is InChI=1S/C16H20N2O2/c1-17-11-15(19)16(20)12-7-9-14(10-8-12)18-13-5-3-2-4-6-13/h2-10,15-20H,11H2,1H3. The molecule has 2 aromatic carbocycles. The van der Waals surface area contributed by atoms with Crippen LogP contribution in [0.4, 0.5) is 11.4 Å². The minimum Gasteiger partial charge on any atom is -0.389 e. The summed E-state index contributed by atoms with van der Waals surface area (Å²) in [4.78, 5) is 0. The Morgan fingerprint density at radius 3 is 2.10 bits per heavy atom. The third-order valence-electron chi connectivity index (χ3n) is 3.09. The number of likely N-dealkylation sites (N-methyl/N-ethyl adjacent to an activating group) is 1. The predicted molar refractivity (Wildman–Crippen MR) is 81.1 cm³/mol. The maximum atomic E-state index is 9.99. The van der Waals surface area contributed by atoms with E-state index in [0.717, 1.165) is 11.4 Å². The predicted octanol–water partition coefficient (Wildman–Crippen LogP) is 2.04. The Hall–Kier alpha value is -1.88. The molecule has 4 N–H and O–H groups in total. The van der Waals surface area contributed by atoms with E-state index in [1.165, 1.54) is 0 Å². The van der Waals surface area contributed by atoms with Crippen LogP contribution < -0.4 is 10.6 Å². The number of rotatable bonds is 6. The van der Waals surface area contributed by atoms with Gasteiger partial charge >= 0.3 is 0 Å².